The van der Waals surface area contributed by atoms with Crippen molar-refractivity contribution in [3.05, 3.63) is 12.2 Å². The van der Waals surface area contributed by atoms with Crippen LogP contribution in [0.3, 0.4) is 0 Å². The number of aliphatic imine (C=N–C) groups is 1. The Hall–Kier alpha value is -0.590. The zero-order valence-corrected chi connectivity index (χ0v) is 5.17. The van der Waals surface area contributed by atoms with Gasteiger partial charge in [-0.3, -0.25) is 4.99 Å². The second-order valence-corrected chi connectivity index (χ2v) is 2.15. The molecule has 1 heterocycles. The number of nitrogens with zero attached hydrogens (tertiary/aromatic N) is 1. The number of hydrogen-bond acceptors (Lipinski definition) is 1. The quantitative estimate of drug-likeness (QED) is 0.449. The second-order valence-electron chi connectivity index (χ2n) is 2.15. The van der Waals surface area contributed by atoms with Gasteiger partial charge in [-0.15, -0.1) is 0 Å². The molecule has 0 saturated carbocycles. The molecule has 8 heavy (non-hydrogen) atoms. The molecule has 1 aliphatic rings. The van der Waals surface area contributed by atoms with Crippen LogP contribution in [0.5, 0.6) is 0 Å². The first-order chi connectivity index (χ1) is 3.89. The maximum absolute atomic E-state index is 4.21. The van der Waals surface area contributed by atoms with E-state index in [1.54, 1.807) is 0 Å². The lowest BCUT2D eigenvalue weighted by atomic mass is 10.2. The lowest BCUT2D eigenvalue weighted by Gasteiger charge is -1.97. The fourth-order valence-corrected chi connectivity index (χ4v) is 0.766. The van der Waals surface area contributed by atoms with Gasteiger partial charge in [-0.25, -0.2) is 0 Å². The number of hydrogen-bond donors (Lipinski definition) is 0. The normalized spacial score (nSPS) is 27.9. The molecule has 0 radical (unpaired) electrons. The van der Waals surface area contributed by atoms with E-state index in [4.69, 9.17) is 0 Å². The minimum absolute atomic E-state index is 0.532. The van der Waals surface area contributed by atoms with Gasteiger partial charge < -0.3 is 0 Å². The Bertz CT molecular complexity index is 114. The predicted octanol–water partition coefficient (Wildman–Crippen LogP) is 1.80. The average molecular weight is 109 g/mol. The van der Waals surface area contributed by atoms with E-state index in [2.05, 4.69) is 18.0 Å². The first-order valence-electron chi connectivity index (χ1n) is 3.08. The molecular formula is C7H11N. The third kappa shape index (κ3) is 1.49. The molecule has 0 aliphatic carbocycles. The molecule has 0 aromatic rings. The molecule has 1 aliphatic heterocycles. The van der Waals surface area contributed by atoms with Crippen molar-refractivity contribution in [1.29, 1.82) is 0 Å². The maximum Gasteiger partial charge on any atom is 0.0474 e. The summed E-state index contributed by atoms with van der Waals surface area (Å²) in [6, 6.07) is 0.532. The summed E-state index contributed by atoms with van der Waals surface area (Å²) in [7, 11) is 0. The molecule has 0 fully saturated rings. The van der Waals surface area contributed by atoms with Gasteiger partial charge in [-0.05, 0) is 25.8 Å². The molecule has 1 nitrogen and oxygen atoms in total. The van der Waals surface area contributed by atoms with Crippen molar-refractivity contribution < 1.29 is 0 Å². The van der Waals surface area contributed by atoms with Gasteiger partial charge in [-0.2, -0.15) is 0 Å². The summed E-state index contributed by atoms with van der Waals surface area (Å²) in [5.41, 5.74) is 0. The number of allylic oxidation sites excluding steroid dienone is 2. The van der Waals surface area contributed by atoms with E-state index in [0.29, 0.717) is 6.04 Å². The molecule has 44 valence electrons. The highest BCUT2D eigenvalue weighted by Gasteiger charge is 1.95. The predicted molar refractivity (Wildman–Crippen MR) is 36.3 cm³/mol. The SMILES string of the molecule is CC1CCC=CC=N1. The van der Waals surface area contributed by atoms with Gasteiger partial charge >= 0.3 is 0 Å². The largest absolute Gasteiger partial charge is 0.290 e. The minimum atomic E-state index is 0.532. The molecule has 0 saturated heterocycles. The van der Waals surface area contributed by atoms with E-state index in [0.717, 1.165) is 0 Å². The molecule has 0 N–H and O–H groups in total. The summed E-state index contributed by atoms with van der Waals surface area (Å²) in [5, 5.41) is 0. The van der Waals surface area contributed by atoms with Crippen LogP contribution in [0.4, 0.5) is 0 Å². The summed E-state index contributed by atoms with van der Waals surface area (Å²) in [4.78, 5) is 4.21. The zero-order valence-electron chi connectivity index (χ0n) is 5.17. The maximum atomic E-state index is 4.21. The molecule has 0 aromatic carbocycles. The second kappa shape index (κ2) is 2.65. The molecule has 1 rings (SSSR count). The first kappa shape index (κ1) is 5.54. The molecule has 0 amide bonds. The summed E-state index contributed by atoms with van der Waals surface area (Å²) in [6.07, 6.45) is 8.45. The van der Waals surface area contributed by atoms with Gasteiger partial charge in [0, 0.05) is 12.3 Å². The molecule has 0 bridgehead atoms. The molecule has 0 spiro atoms. The van der Waals surface area contributed by atoms with Crippen LogP contribution in [-0.2, 0) is 0 Å². The van der Waals surface area contributed by atoms with Gasteiger partial charge in [0.05, 0.1) is 0 Å². The summed E-state index contributed by atoms with van der Waals surface area (Å²) in [5.74, 6) is 0. The topological polar surface area (TPSA) is 12.4 Å². The monoisotopic (exact) mass is 109 g/mol. The van der Waals surface area contributed by atoms with Gasteiger partial charge in [-0.1, -0.05) is 6.08 Å². The fourth-order valence-electron chi connectivity index (χ4n) is 0.766. The Morgan fingerprint density at radius 2 is 2.50 bits per heavy atom. The van der Waals surface area contributed by atoms with E-state index >= 15 is 0 Å². The summed E-state index contributed by atoms with van der Waals surface area (Å²) < 4.78 is 0. The van der Waals surface area contributed by atoms with Crippen molar-refractivity contribution in [3.63, 3.8) is 0 Å². The van der Waals surface area contributed by atoms with Crippen molar-refractivity contribution in [2.45, 2.75) is 25.8 Å². The molecule has 1 atom stereocenters. The Labute approximate surface area is 50.1 Å². The van der Waals surface area contributed by atoms with Crippen molar-refractivity contribution in [2.24, 2.45) is 4.99 Å². The Morgan fingerprint density at radius 3 is 3.38 bits per heavy atom. The summed E-state index contributed by atoms with van der Waals surface area (Å²) >= 11 is 0. The van der Waals surface area contributed by atoms with E-state index in [9.17, 15) is 0 Å². The smallest absolute Gasteiger partial charge is 0.0474 e. The average Bonchev–Trinajstić information content (AvgIpc) is 1.94. The van der Waals surface area contributed by atoms with Gasteiger partial charge in [0.2, 0.25) is 0 Å². The van der Waals surface area contributed by atoms with Gasteiger partial charge in [0.15, 0.2) is 0 Å². The first-order valence-corrected chi connectivity index (χ1v) is 3.08. The van der Waals surface area contributed by atoms with Crippen molar-refractivity contribution >= 4 is 6.21 Å². The highest BCUT2D eigenvalue weighted by atomic mass is 14.7. The van der Waals surface area contributed by atoms with E-state index in [1.165, 1.54) is 12.8 Å². The lowest BCUT2D eigenvalue weighted by molar-refractivity contribution is 0.686. The van der Waals surface area contributed by atoms with E-state index < -0.39 is 0 Å². The van der Waals surface area contributed by atoms with Crippen LogP contribution in [0.1, 0.15) is 19.8 Å². The molecule has 1 heteroatoms. The highest BCUT2D eigenvalue weighted by Crippen LogP contribution is 2.03. The molecule has 0 aromatic heterocycles. The Kier molecular flexibility index (Phi) is 1.84. The molecule has 1 unspecified atom stereocenters. The van der Waals surface area contributed by atoms with Crippen LogP contribution >= 0.6 is 0 Å². The van der Waals surface area contributed by atoms with Gasteiger partial charge in [0.25, 0.3) is 0 Å². The van der Waals surface area contributed by atoms with Crippen LogP contribution < -0.4 is 0 Å². The third-order valence-corrected chi connectivity index (χ3v) is 1.31. The van der Waals surface area contributed by atoms with Gasteiger partial charge in [0.1, 0.15) is 0 Å². The standard InChI is InChI=1S/C7H11N/c1-7-5-3-2-4-6-8-7/h2,4,6-7H,3,5H2,1H3. The van der Waals surface area contributed by atoms with Crippen molar-refractivity contribution in [2.75, 3.05) is 0 Å². The third-order valence-electron chi connectivity index (χ3n) is 1.31. The van der Waals surface area contributed by atoms with Crippen LogP contribution in [0.2, 0.25) is 0 Å². The van der Waals surface area contributed by atoms with Crippen LogP contribution in [0, 0.1) is 0 Å². The summed E-state index contributed by atoms with van der Waals surface area (Å²) in [6.45, 7) is 2.14. The van der Waals surface area contributed by atoms with Crippen molar-refractivity contribution in [1.82, 2.24) is 0 Å². The van der Waals surface area contributed by atoms with E-state index in [1.807, 2.05) is 12.3 Å². The lowest BCUT2D eigenvalue weighted by Crippen LogP contribution is -1.93. The molecular weight excluding hydrogens is 98.1 g/mol. The van der Waals surface area contributed by atoms with Crippen LogP contribution in [0.25, 0.3) is 0 Å². The zero-order chi connectivity index (χ0) is 5.82. The van der Waals surface area contributed by atoms with Crippen LogP contribution in [0.15, 0.2) is 17.1 Å². The highest BCUT2D eigenvalue weighted by molar-refractivity contribution is 5.71. The fraction of sp³-hybridized carbons (Fsp3) is 0.571. The van der Waals surface area contributed by atoms with Crippen molar-refractivity contribution in [3.8, 4) is 0 Å². The Balaban J connectivity index is 2.46. The van der Waals surface area contributed by atoms with Crippen LogP contribution in [-0.4, -0.2) is 12.3 Å². The number of rotatable bonds is 0. The Morgan fingerprint density at radius 1 is 1.62 bits per heavy atom. The van der Waals surface area contributed by atoms with E-state index in [-0.39, 0.29) is 0 Å². The minimum Gasteiger partial charge on any atom is -0.290 e.